The van der Waals surface area contributed by atoms with Gasteiger partial charge in [0.15, 0.2) is 0 Å². The quantitative estimate of drug-likeness (QED) is 0.470. The van der Waals surface area contributed by atoms with Crippen LogP contribution >= 0.6 is 0 Å². The summed E-state index contributed by atoms with van der Waals surface area (Å²) in [5, 5.41) is 11.2. The Morgan fingerprint density at radius 2 is 2.10 bits per heavy atom. The molecular weight excluding hydrogens is 256 g/mol. The summed E-state index contributed by atoms with van der Waals surface area (Å²) in [4.78, 5) is 13.2. The van der Waals surface area contributed by atoms with E-state index in [-0.39, 0.29) is 10.8 Å². The van der Waals surface area contributed by atoms with Gasteiger partial charge in [0, 0.05) is 24.2 Å². The van der Waals surface area contributed by atoms with E-state index in [1.807, 2.05) is 6.08 Å². The summed E-state index contributed by atoms with van der Waals surface area (Å²) in [6.07, 6.45) is 4.04. The molecule has 0 N–H and O–H groups in total. The van der Waals surface area contributed by atoms with Gasteiger partial charge in [-0.05, 0) is 25.1 Å². The third kappa shape index (κ3) is 1.41. The number of rotatable bonds is 2. The third-order valence-electron chi connectivity index (χ3n) is 4.81. The third-order valence-corrected chi connectivity index (χ3v) is 4.81. The van der Waals surface area contributed by atoms with Gasteiger partial charge < -0.3 is 4.90 Å². The molecule has 20 heavy (non-hydrogen) atoms. The van der Waals surface area contributed by atoms with E-state index in [1.165, 1.54) is 5.56 Å². The minimum Gasteiger partial charge on any atom is -0.368 e. The minimum atomic E-state index is -1.26. The van der Waals surface area contributed by atoms with Crippen molar-refractivity contribution in [3.05, 3.63) is 52.1 Å². The van der Waals surface area contributed by atoms with Crippen LogP contribution in [0.4, 0.5) is 5.69 Å². The summed E-state index contributed by atoms with van der Waals surface area (Å²) < 4.78 is 5.86. The van der Waals surface area contributed by atoms with Crippen molar-refractivity contribution in [1.82, 2.24) is 0 Å². The Bertz CT molecular complexity index is 612. The van der Waals surface area contributed by atoms with E-state index >= 15 is 0 Å². The zero-order chi connectivity index (χ0) is 14.0. The van der Waals surface area contributed by atoms with Gasteiger partial charge >= 0.3 is 5.72 Å². The van der Waals surface area contributed by atoms with E-state index in [2.05, 4.69) is 36.1 Å². The predicted molar refractivity (Wildman–Crippen MR) is 74.2 cm³/mol. The standard InChI is InChI=1S/C15H16N2O3/c1-11-2-4-13(5-3-11)16-9-12-8-15(17(18)19)7-6-14(12,10-16)20-15/h2-7,12H,8-10H2,1H3. The van der Waals surface area contributed by atoms with Crippen molar-refractivity contribution >= 4 is 5.69 Å². The highest BCUT2D eigenvalue weighted by atomic mass is 16.7. The summed E-state index contributed by atoms with van der Waals surface area (Å²) in [5.41, 5.74) is 0.674. The molecule has 3 aliphatic heterocycles. The van der Waals surface area contributed by atoms with Gasteiger partial charge in [-0.25, -0.2) is 0 Å². The van der Waals surface area contributed by atoms with Crippen LogP contribution in [0.15, 0.2) is 36.4 Å². The lowest BCUT2D eigenvalue weighted by Gasteiger charge is -2.23. The molecule has 0 radical (unpaired) electrons. The monoisotopic (exact) mass is 272 g/mol. The molecule has 2 bridgehead atoms. The van der Waals surface area contributed by atoms with Crippen molar-refractivity contribution in [1.29, 1.82) is 0 Å². The van der Waals surface area contributed by atoms with E-state index in [0.717, 1.165) is 12.2 Å². The molecule has 0 aliphatic carbocycles. The number of benzene rings is 1. The van der Waals surface area contributed by atoms with Crippen LogP contribution in [0.3, 0.4) is 0 Å². The Morgan fingerprint density at radius 3 is 2.75 bits per heavy atom. The lowest BCUT2D eigenvalue weighted by molar-refractivity contribution is -0.607. The molecule has 104 valence electrons. The molecule has 1 spiro atoms. The molecule has 0 saturated carbocycles. The molecule has 5 nitrogen and oxygen atoms in total. The molecular formula is C15H16N2O3. The molecule has 2 saturated heterocycles. The van der Waals surface area contributed by atoms with Gasteiger partial charge in [-0.1, -0.05) is 17.7 Å². The van der Waals surface area contributed by atoms with Gasteiger partial charge in [0.2, 0.25) is 0 Å². The number of hydrogen-bond donors (Lipinski definition) is 0. The molecule has 1 aromatic carbocycles. The van der Waals surface area contributed by atoms with Crippen LogP contribution in [-0.2, 0) is 4.74 Å². The maximum atomic E-state index is 11.2. The number of nitrogens with zero attached hydrogens (tertiary/aromatic N) is 2. The fourth-order valence-electron chi connectivity index (χ4n) is 3.71. The van der Waals surface area contributed by atoms with E-state index in [9.17, 15) is 10.1 Å². The van der Waals surface area contributed by atoms with Gasteiger partial charge in [-0.3, -0.25) is 14.9 Å². The second kappa shape index (κ2) is 3.61. The van der Waals surface area contributed by atoms with Crippen molar-refractivity contribution < 1.29 is 9.66 Å². The molecule has 3 unspecified atom stereocenters. The van der Waals surface area contributed by atoms with Gasteiger partial charge in [0.05, 0.1) is 17.9 Å². The summed E-state index contributed by atoms with van der Waals surface area (Å²) in [6.45, 7) is 3.59. The van der Waals surface area contributed by atoms with Gasteiger partial charge in [-0.15, -0.1) is 0 Å². The minimum absolute atomic E-state index is 0.208. The van der Waals surface area contributed by atoms with Crippen LogP contribution < -0.4 is 4.90 Å². The number of nitro groups is 1. The number of anilines is 1. The second-order valence-electron chi connectivity index (χ2n) is 6.11. The Balaban J connectivity index is 1.61. The van der Waals surface area contributed by atoms with Crippen molar-refractivity contribution in [2.45, 2.75) is 24.7 Å². The van der Waals surface area contributed by atoms with Gasteiger partial charge in [0.25, 0.3) is 0 Å². The summed E-state index contributed by atoms with van der Waals surface area (Å²) in [5.74, 6) is 0.208. The van der Waals surface area contributed by atoms with Crippen molar-refractivity contribution in [2.24, 2.45) is 5.92 Å². The zero-order valence-electron chi connectivity index (χ0n) is 11.3. The maximum absolute atomic E-state index is 11.2. The number of ether oxygens (including phenoxy) is 1. The number of hydrogen-bond acceptors (Lipinski definition) is 4. The Hall–Kier alpha value is -1.88. The Labute approximate surface area is 117 Å². The first kappa shape index (κ1) is 11.9. The highest BCUT2D eigenvalue weighted by Gasteiger charge is 2.68. The molecule has 1 aromatic rings. The van der Waals surface area contributed by atoms with E-state index in [1.54, 1.807) is 6.08 Å². The smallest absolute Gasteiger partial charge is 0.345 e. The average molecular weight is 272 g/mol. The molecule has 5 heteroatoms. The SMILES string of the molecule is Cc1ccc(N2CC3CC4([N+](=O)[O-])C=CC3(C2)O4)cc1. The zero-order valence-corrected chi connectivity index (χ0v) is 11.3. The van der Waals surface area contributed by atoms with E-state index in [4.69, 9.17) is 4.74 Å². The maximum Gasteiger partial charge on any atom is 0.345 e. The largest absolute Gasteiger partial charge is 0.368 e. The lowest BCUT2D eigenvalue weighted by atomic mass is 9.84. The van der Waals surface area contributed by atoms with Crippen molar-refractivity contribution in [3.63, 3.8) is 0 Å². The normalized spacial score (nSPS) is 37.5. The summed E-state index contributed by atoms with van der Waals surface area (Å²) in [7, 11) is 0. The molecule has 4 rings (SSSR count). The molecule has 3 atom stereocenters. The van der Waals surface area contributed by atoms with Gasteiger partial charge in [0.1, 0.15) is 5.60 Å². The highest BCUT2D eigenvalue weighted by molar-refractivity contribution is 5.51. The topological polar surface area (TPSA) is 55.6 Å². The lowest BCUT2D eigenvalue weighted by Crippen LogP contribution is -2.38. The molecule has 3 heterocycles. The Morgan fingerprint density at radius 1 is 1.35 bits per heavy atom. The van der Waals surface area contributed by atoms with Gasteiger partial charge in [-0.2, -0.15) is 0 Å². The molecule has 3 aliphatic rings. The molecule has 0 amide bonds. The average Bonchev–Trinajstić information content (AvgIpc) is 3.04. The van der Waals surface area contributed by atoms with Crippen molar-refractivity contribution in [2.75, 3.05) is 18.0 Å². The van der Waals surface area contributed by atoms with Crippen LogP contribution in [0.2, 0.25) is 0 Å². The number of aryl methyl sites for hydroxylation is 1. The first-order chi connectivity index (χ1) is 9.53. The summed E-state index contributed by atoms with van der Waals surface area (Å²) >= 11 is 0. The van der Waals surface area contributed by atoms with Crippen LogP contribution in [0.25, 0.3) is 0 Å². The molecule has 0 aromatic heterocycles. The van der Waals surface area contributed by atoms with Crippen LogP contribution in [0.1, 0.15) is 12.0 Å². The first-order valence-electron chi connectivity index (χ1n) is 6.90. The Kier molecular flexibility index (Phi) is 2.15. The van der Waals surface area contributed by atoms with Crippen LogP contribution in [-0.4, -0.2) is 29.3 Å². The van der Waals surface area contributed by atoms with Crippen LogP contribution in [0, 0.1) is 23.0 Å². The van der Waals surface area contributed by atoms with Crippen LogP contribution in [0.5, 0.6) is 0 Å². The second-order valence-corrected chi connectivity index (χ2v) is 6.11. The molecule has 2 fully saturated rings. The predicted octanol–water partition coefficient (Wildman–Crippen LogP) is 2.13. The van der Waals surface area contributed by atoms with E-state index in [0.29, 0.717) is 13.0 Å². The van der Waals surface area contributed by atoms with Crippen molar-refractivity contribution in [3.8, 4) is 0 Å². The fourth-order valence-corrected chi connectivity index (χ4v) is 3.71. The van der Waals surface area contributed by atoms with E-state index < -0.39 is 11.3 Å². The summed E-state index contributed by atoms with van der Waals surface area (Å²) in [6, 6.07) is 8.39. The highest BCUT2D eigenvalue weighted by Crippen LogP contribution is 2.53. The number of fused-ring (bicyclic) bond motifs is 1. The first-order valence-corrected chi connectivity index (χ1v) is 6.90. The fraction of sp³-hybridized carbons (Fsp3) is 0.467.